The smallest absolute Gasteiger partial charge is 0.0683 e. The standard InChI is InChI=1S/C26H31Cl2N3/c1-15-11-17(3)25(21(27)13-15)29-19(5)23-9-8-10-24(30-23)20(6)31(7)26-18(4)12-16(2)14-22(26)28/h8-14,19-20,29H,1-7H3. The molecule has 31 heavy (non-hydrogen) atoms. The van der Waals surface area contributed by atoms with Crippen LogP contribution in [0.3, 0.4) is 0 Å². The third kappa shape index (κ3) is 5.16. The third-order valence-corrected chi connectivity index (χ3v) is 6.37. The van der Waals surface area contributed by atoms with E-state index in [1.165, 1.54) is 0 Å². The van der Waals surface area contributed by atoms with Gasteiger partial charge in [-0.15, -0.1) is 0 Å². The molecular formula is C26H31Cl2N3. The minimum absolute atomic E-state index is 0.0149. The van der Waals surface area contributed by atoms with Gasteiger partial charge in [0, 0.05) is 7.05 Å². The summed E-state index contributed by atoms with van der Waals surface area (Å²) in [6, 6.07) is 14.6. The summed E-state index contributed by atoms with van der Waals surface area (Å²) in [5.41, 5.74) is 8.58. The topological polar surface area (TPSA) is 28.2 Å². The van der Waals surface area contributed by atoms with Crippen LogP contribution in [0.25, 0.3) is 0 Å². The summed E-state index contributed by atoms with van der Waals surface area (Å²) in [7, 11) is 2.07. The molecule has 0 aliphatic rings. The number of nitrogens with one attached hydrogen (secondary N) is 1. The molecule has 5 heteroatoms. The van der Waals surface area contributed by atoms with E-state index in [0.29, 0.717) is 0 Å². The summed E-state index contributed by atoms with van der Waals surface area (Å²) in [5.74, 6) is 0. The number of nitrogens with zero attached hydrogens (tertiary/aromatic N) is 2. The van der Waals surface area contributed by atoms with Crippen molar-refractivity contribution in [3.63, 3.8) is 0 Å². The van der Waals surface area contributed by atoms with Crippen LogP contribution in [0.15, 0.2) is 42.5 Å². The Morgan fingerprint density at radius 3 is 2.03 bits per heavy atom. The summed E-state index contributed by atoms with van der Waals surface area (Å²) in [6.45, 7) is 12.5. The van der Waals surface area contributed by atoms with Crippen LogP contribution in [0.1, 0.15) is 59.6 Å². The SMILES string of the molecule is Cc1cc(C)c(NC(C)c2cccc(C(C)N(C)c3c(C)cc(C)cc3Cl)n2)c(Cl)c1. The first-order valence-electron chi connectivity index (χ1n) is 10.6. The highest BCUT2D eigenvalue weighted by Gasteiger charge is 2.20. The molecule has 0 amide bonds. The molecule has 2 atom stereocenters. The van der Waals surface area contributed by atoms with Gasteiger partial charge in [-0.2, -0.15) is 0 Å². The van der Waals surface area contributed by atoms with Crippen molar-refractivity contribution in [3.8, 4) is 0 Å². The predicted molar refractivity (Wildman–Crippen MR) is 135 cm³/mol. The Kier molecular flexibility index (Phi) is 7.18. The number of pyridine rings is 1. The molecule has 1 aromatic heterocycles. The molecule has 2 unspecified atom stereocenters. The second-order valence-electron chi connectivity index (χ2n) is 8.49. The minimum Gasteiger partial charge on any atom is -0.376 e. The number of hydrogen-bond donors (Lipinski definition) is 1. The van der Waals surface area contributed by atoms with Crippen molar-refractivity contribution < 1.29 is 0 Å². The van der Waals surface area contributed by atoms with E-state index in [0.717, 1.165) is 55.1 Å². The highest BCUT2D eigenvalue weighted by Crippen LogP contribution is 2.35. The Morgan fingerprint density at radius 2 is 1.42 bits per heavy atom. The molecule has 1 heterocycles. The molecule has 0 aliphatic heterocycles. The maximum absolute atomic E-state index is 6.59. The average molecular weight is 456 g/mol. The van der Waals surface area contributed by atoms with Crippen LogP contribution < -0.4 is 10.2 Å². The van der Waals surface area contributed by atoms with E-state index in [1.807, 2.05) is 12.1 Å². The van der Waals surface area contributed by atoms with Crippen molar-refractivity contribution >= 4 is 34.6 Å². The van der Waals surface area contributed by atoms with Gasteiger partial charge in [0.25, 0.3) is 0 Å². The van der Waals surface area contributed by atoms with Crippen LogP contribution in [-0.4, -0.2) is 12.0 Å². The molecule has 0 saturated carbocycles. The number of halogens is 2. The molecular weight excluding hydrogens is 425 g/mol. The molecule has 3 nitrogen and oxygen atoms in total. The van der Waals surface area contributed by atoms with Crippen molar-refractivity contribution in [2.24, 2.45) is 0 Å². The first-order chi connectivity index (χ1) is 14.6. The molecule has 2 aromatic carbocycles. The molecule has 0 bridgehead atoms. The summed E-state index contributed by atoms with van der Waals surface area (Å²) in [6.07, 6.45) is 0. The Balaban J connectivity index is 1.86. The van der Waals surface area contributed by atoms with Crippen molar-refractivity contribution in [1.29, 1.82) is 0 Å². The van der Waals surface area contributed by atoms with Gasteiger partial charge in [-0.05, 0) is 88.1 Å². The van der Waals surface area contributed by atoms with E-state index in [1.54, 1.807) is 0 Å². The second-order valence-corrected chi connectivity index (χ2v) is 9.31. The van der Waals surface area contributed by atoms with Gasteiger partial charge in [-0.25, -0.2) is 0 Å². The van der Waals surface area contributed by atoms with E-state index >= 15 is 0 Å². The number of rotatable bonds is 6. The lowest BCUT2D eigenvalue weighted by atomic mass is 10.1. The van der Waals surface area contributed by atoms with E-state index in [9.17, 15) is 0 Å². The lowest BCUT2D eigenvalue weighted by Gasteiger charge is -2.30. The van der Waals surface area contributed by atoms with E-state index in [4.69, 9.17) is 28.2 Å². The fourth-order valence-corrected chi connectivity index (χ4v) is 4.91. The fourth-order valence-electron chi connectivity index (χ4n) is 4.08. The lowest BCUT2D eigenvalue weighted by molar-refractivity contribution is 0.697. The quantitative estimate of drug-likeness (QED) is 0.407. The van der Waals surface area contributed by atoms with Crippen LogP contribution in [0, 0.1) is 27.7 Å². The monoisotopic (exact) mass is 455 g/mol. The maximum atomic E-state index is 6.59. The lowest BCUT2D eigenvalue weighted by Crippen LogP contribution is -2.24. The zero-order chi connectivity index (χ0) is 22.9. The molecule has 3 rings (SSSR count). The Hall–Kier alpha value is -2.23. The van der Waals surface area contributed by atoms with Gasteiger partial charge >= 0.3 is 0 Å². The molecule has 1 N–H and O–H groups in total. The zero-order valence-corrected chi connectivity index (χ0v) is 20.9. The number of aromatic nitrogens is 1. The Morgan fingerprint density at radius 1 is 0.839 bits per heavy atom. The molecule has 3 aromatic rings. The van der Waals surface area contributed by atoms with Crippen molar-refractivity contribution in [3.05, 3.63) is 86.2 Å². The summed E-state index contributed by atoms with van der Waals surface area (Å²) in [4.78, 5) is 7.18. The first-order valence-corrected chi connectivity index (χ1v) is 11.3. The molecule has 0 spiro atoms. The van der Waals surface area contributed by atoms with E-state index in [-0.39, 0.29) is 12.1 Å². The molecule has 0 saturated heterocycles. The maximum Gasteiger partial charge on any atom is 0.0683 e. The first kappa shape index (κ1) is 23.4. The van der Waals surface area contributed by atoms with Gasteiger partial charge in [-0.1, -0.05) is 41.4 Å². The van der Waals surface area contributed by atoms with Gasteiger partial charge in [0.1, 0.15) is 0 Å². The molecule has 0 fully saturated rings. The summed E-state index contributed by atoms with van der Waals surface area (Å²) < 4.78 is 0. The fraction of sp³-hybridized carbons (Fsp3) is 0.346. The number of benzene rings is 2. The van der Waals surface area contributed by atoms with Gasteiger partial charge in [0.15, 0.2) is 0 Å². The zero-order valence-electron chi connectivity index (χ0n) is 19.3. The predicted octanol–water partition coefficient (Wildman–Crippen LogP) is 7.99. The second kappa shape index (κ2) is 9.50. The van der Waals surface area contributed by atoms with Crippen LogP contribution >= 0.6 is 23.2 Å². The van der Waals surface area contributed by atoms with Crippen molar-refractivity contribution in [2.45, 2.75) is 53.6 Å². The van der Waals surface area contributed by atoms with Crippen molar-refractivity contribution in [1.82, 2.24) is 4.98 Å². The largest absolute Gasteiger partial charge is 0.376 e. The van der Waals surface area contributed by atoms with Crippen LogP contribution in [-0.2, 0) is 0 Å². The van der Waals surface area contributed by atoms with E-state index < -0.39 is 0 Å². The number of aryl methyl sites for hydroxylation is 4. The highest BCUT2D eigenvalue weighted by molar-refractivity contribution is 6.33. The van der Waals surface area contributed by atoms with Crippen molar-refractivity contribution in [2.75, 3.05) is 17.3 Å². The molecule has 164 valence electrons. The summed E-state index contributed by atoms with van der Waals surface area (Å²) in [5, 5.41) is 5.04. The Bertz CT molecular complexity index is 1050. The van der Waals surface area contributed by atoms with Gasteiger partial charge in [-0.3, -0.25) is 4.98 Å². The average Bonchev–Trinajstić information content (AvgIpc) is 2.69. The van der Waals surface area contributed by atoms with Crippen LogP contribution in [0.5, 0.6) is 0 Å². The number of anilines is 2. The van der Waals surface area contributed by atoms with E-state index in [2.05, 4.69) is 89.1 Å². The molecule has 0 aliphatic carbocycles. The normalized spacial score (nSPS) is 13.1. The van der Waals surface area contributed by atoms with Gasteiger partial charge < -0.3 is 10.2 Å². The van der Waals surface area contributed by atoms with Crippen LogP contribution in [0.2, 0.25) is 10.0 Å². The summed E-state index contributed by atoms with van der Waals surface area (Å²) >= 11 is 13.1. The number of hydrogen-bond acceptors (Lipinski definition) is 3. The third-order valence-electron chi connectivity index (χ3n) is 5.79. The van der Waals surface area contributed by atoms with Gasteiger partial charge in [0.2, 0.25) is 0 Å². The van der Waals surface area contributed by atoms with Gasteiger partial charge in [0.05, 0.1) is 44.9 Å². The molecule has 0 radical (unpaired) electrons. The minimum atomic E-state index is 0.0149. The highest BCUT2D eigenvalue weighted by atomic mass is 35.5. The van der Waals surface area contributed by atoms with Crippen LogP contribution in [0.4, 0.5) is 11.4 Å². The Labute approximate surface area is 196 Å².